The lowest BCUT2D eigenvalue weighted by atomic mass is 9.71. The van der Waals surface area contributed by atoms with Crippen LogP contribution < -0.4 is 5.32 Å². The molecule has 5 nitrogen and oxygen atoms in total. The zero-order chi connectivity index (χ0) is 19.8. The number of rotatable bonds is 0. The van der Waals surface area contributed by atoms with E-state index in [0.29, 0.717) is 42.9 Å². The predicted molar refractivity (Wildman–Crippen MR) is 110 cm³/mol. The van der Waals surface area contributed by atoms with Crippen LogP contribution in [0.3, 0.4) is 0 Å². The standard InChI is InChI=1S/C23H39FN2O3/c1-16-13-23(15-27-10-8-25-23)22-14-29-19-5-2-17(3-6-19)20-12-18(24)4-7-21(20)28-11-9-26(16)22/h16-22,25H,2-15H2,1H3/t16-,17?,18?,19?,20?,21?,22-,23+/m1/s1. The van der Waals surface area contributed by atoms with E-state index in [9.17, 15) is 4.39 Å². The van der Waals surface area contributed by atoms with E-state index in [4.69, 9.17) is 14.2 Å². The minimum atomic E-state index is -0.635. The quantitative estimate of drug-likeness (QED) is 0.665. The van der Waals surface area contributed by atoms with E-state index >= 15 is 0 Å². The molecule has 4 aliphatic heterocycles. The van der Waals surface area contributed by atoms with E-state index < -0.39 is 6.17 Å². The SMILES string of the molecule is C[C@@H]1C[C@]2(COCCN2)[C@H]2COC3CCC(CC3)C3CC(F)CCC3OCCN12. The van der Waals surface area contributed by atoms with Crippen LogP contribution in [0.25, 0.3) is 0 Å². The Morgan fingerprint density at radius 1 is 1.03 bits per heavy atom. The molecule has 2 bridgehead atoms. The lowest BCUT2D eigenvalue weighted by molar-refractivity contribution is -0.0619. The highest BCUT2D eigenvalue weighted by Crippen LogP contribution is 2.42. The Labute approximate surface area is 175 Å². The second kappa shape index (κ2) is 8.70. The maximum absolute atomic E-state index is 14.2. The first-order chi connectivity index (χ1) is 14.1. The van der Waals surface area contributed by atoms with Gasteiger partial charge in [0.05, 0.1) is 50.2 Å². The molecule has 6 aliphatic rings. The second-order valence-electron chi connectivity index (χ2n) is 10.3. The van der Waals surface area contributed by atoms with Gasteiger partial charge in [0.15, 0.2) is 0 Å². The average Bonchev–Trinajstić information content (AvgIpc) is 2.99. The number of alkyl halides is 1. The van der Waals surface area contributed by atoms with E-state index in [1.807, 2.05) is 0 Å². The zero-order valence-corrected chi connectivity index (χ0v) is 18.0. The first kappa shape index (κ1) is 20.6. The number of hydrogen-bond acceptors (Lipinski definition) is 5. The molecule has 3 unspecified atom stereocenters. The highest BCUT2D eigenvalue weighted by molar-refractivity contribution is 5.10. The molecule has 1 N–H and O–H groups in total. The molecule has 166 valence electrons. The Balaban J connectivity index is 1.35. The van der Waals surface area contributed by atoms with Crippen molar-refractivity contribution in [2.75, 3.05) is 39.5 Å². The zero-order valence-electron chi connectivity index (χ0n) is 18.0. The van der Waals surface area contributed by atoms with Gasteiger partial charge in [-0.2, -0.15) is 0 Å². The largest absolute Gasteiger partial charge is 0.378 e. The van der Waals surface area contributed by atoms with Gasteiger partial charge < -0.3 is 19.5 Å². The maximum atomic E-state index is 14.2. The van der Waals surface area contributed by atoms with Crippen LogP contribution in [-0.4, -0.2) is 80.4 Å². The number of fused-ring (bicyclic) bond motifs is 5. The summed E-state index contributed by atoms with van der Waals surface area (Å²) in [6.45, 7) is 7.27. The fourth-order valence-electron chi connectivity index (χ4n) is 7.11. The molecule has 0 aromatic carbocycles. The molecule has 2 aliphatic carbocycles. The number of ether oxygens (including phenoxy) is 3. The number of halogens is 1. The number of nitrogens with one attached hydrogen (secondary N) is 1. The first-order valence-corrected chi connectivity index (χ1v) is 12.1. The molecular weight excluding hydrogens is 371 g/mol. The molecule has 1 spiro atoms. The van der Waals surface area contributed by atoms with Gasteiger partial charge >= 0.3 is 0 Å². The molecule has 0 aromatic heterocycles. The summed E-state index contributed by atoms with van der Waals surface area (Å²) in [7, 11) is 0. The molecule has 4 saturated heterocycles. The van der Waals surface area contributed by atoms with Crippen LogP contribution in [0.1, 0.15) is 58.3 Å². The van der Waals surface area contributed by atoms with Crippen molar-refractivity contribution in [1.29, 1.82) is 0 Å². The van der Waals surface area contributed by atoms with E-state index in [0.717, 1.165) is 65.2 Å². The molecule has 6 atom stereocenters. The molecule has 0 radical (unpaired) electrons. The molecule has 6 fully saturated rings. The van der Waals surface area contributed by atoms with Gasteiger partial charge in [-0.15, -0.1) is 0 Å². The molecule has 0 amide bonds. The highest BCUT2D eigenvalue weighted by Gasteiger charge is 2.52. The van der Waals surface area contributed by atoms with Gasteiger partial charge in [0.2, 0.25) is 0 Å². The lowest BCUT2D eigenvalue weighted by Crippen LogP contribution is -2.63. The average molecular weight is 411 g/mol. The molecule has 29 heavy (non-hydrogen) atoms. The summed E-state index contributed by atoms with van der Waals surface area (Å²) in [5.41, 5.74) is 0.00384. The minimum Gasteiger partial charge on any atom is -0.378 e. The van der Waals surface area contributed by atoms with Crippen LogP contribution in [0.15, 0.2) is 0 Å². The normalized spacial score (nSPS) is 49.7. The van der Waals surface area contributed by atoms with Crippen molar-refractivity contribution in [2.24, 2.45) is 11.8 Å². The van der Waals surface area contributed by atoms with E-state index in [2.05, 4.69) is 17.1 Å². The van der Waals surface area contributed by atoms with Gasteiger partial charge in [-0.05, 0) is 70.1 Å². The maximum Gasteiger partial charge on any atom is 0.101 e. The van der Waals surface area contributed by atoms with E-state index in [1.54, 1.807) is 0 Å². The molecular formula is C23H39FN2O3. The fraction of sp³-hybridized carbons (Fsp3) is 1.00. The summed E-state index contributed by atoms with van der Waals surface area (Å²) < 4.78 is 33.2. The van der Waals surface area contributed by atoms with Crippen molar-refractivity contribution in [3.8, 4) is 0 Å². The Kier molecular flexibility index (Phi) is 6.18. The Morgan fingerprint density at radius 3 is 2.69 bits per heavy atom. The number of hydrogen-bond donors (Lipinski definition) is 1. The van der Waals surface area contributed by atoms with E-state index in [1.165, 1.54) is 12.8 Å². The third-order valence-corrected chi connectivity index (χ3v) is 8.61. The second-order valence-corrected chi connectivity index (χ2v) is 10.3. The van der Waals surface area contributed by atoms with Crippen molar-refractivity contribution in [2.45, 2.75) is 94.3 Å². The number of nitrogens with zero attached hydrogens (tertiary/aromatic N) is 1. The number of morpholine rings is 1. The summed E-state index contributed by atoms with van der Waals surface area (Å²) in [6.07, 6.45) is 7.89. The van der Waals surface area contributed by atoms with Crippen molar-refractivity contribution >= 4 is 0 Å². The topological polar surface area (TPSA) is 43.0 Å². The van der Waals surface area contributed by atoms with Crippen LogP contribution >= 0.6 is 0 Å². The molecule has 4 heterocycles. The Hall–Kier alpha value is -0.270. The van der Waals surface area contributed by atoms with Crippen LogP contribution in [0.4, 0.5) is 4.39 Å². The van der Waals surface area contributed by atoms with Gasteiger partial charge in [0.1, 0.15) is 6.17 Å². The highest BCUT2D eigenvalue weighted by atomic mass is 19.1. The van der Waals surface area contributed by atoms with Gasteiger partial charge in [-0.3, -0.25) is 4.90 Å². The summed E-state index contributed by atoms with van der Waals surface area (Å²) in [5, 5.41) is 3.81. The van der Waals surface area contributed by atoms with Crippen LogP contribution in [-0.2, 0) is 14.2 Å². The Bertz CT molecular complexity index is 550. The summed E-state index contributed by atoms with van der Waals surface area (Å²) in [4.78, 5) is 2.60. The van der Waals surface area contributed by atoms with Gasteiger partial charge in [0.25, 0.3) is 0 Å². The fourth-order valence-corrected chi connectivity index (χ4v) is 7.11. The first-order valence-electron chi connectivity index (χ1n) is 12.1. The third-order valence-electron chi connectivity index (χ3n) is 8.61. The van der Waals surface area contributed by atoms with Crippen molar-refractivity contribution in [3.05, 3.63) is 0 Å². The molecule has 6 heteroatoms. The molecule has 0 aromatic rings. The predicted octanol–water partition coefficient (Wildman–Crippen LogP) is 2.92. The third kappa shape index (κ3) is 4.12. The minimum absolute atomic E-state index is 0.00384. The summed E-state index contributed by atoms with van der Waals surface area (Å²) in [6, 6.07) is 0.817. The Morgan fingerprint density at radius 2 is 1.90 bits per heavy atom. The van der Waals surface area contributed by atoms with Gasteiger partial charge in [-0.1, -0.05) is 0 Å². The van der Waals surface area contributed by atoms with Crippen LogP contribution in [0.2, 0.25) is 0 Å². The van der Waals surface area contributed by atoms with Gasteiger partial charge in [0, 0.05) is 19.1 Å². The lowest BCUT2D eigenvalue weighted by Gasteiger charge is -2.42. The monoisotopic (exact) mass is 410 g/mol. The summed E-state index contributed by atoms with van der Waals surface area (Å²) in [5.74, 6) is 1.00. The smallest absolute Gasteiger partial charge is 0.101 e. The summed E-state index contributed by atoms with van der Waals surface area (Å²) >= 11 is 0. The van der Waals surface area contributed by atoms with E-state index in [-0.39, 0.29) is 11.6 Å². The van der Waals surface area contributed by atoms with Crippen molar-refractivity contribution < 1.29 is 18.6 Å². The molecule has 6 rings (SSSR count). The van der Waals surface area contributed by atoms with Crippen molar-refractivity contribution in [1.82, 2.24) is 10.2 Å². The van der Waals surface area contributed by atoms with Gasteiger partial charge in [-0.25, -0.2) is 4.39 Å². The molecule has 2 saturated carbocycles. The van der Waals surface area contributed by atoms with Crippen LogP contribution in [0.5, 0.6) is 0 Å². The van der Waals surface area contributed by atoms with Crippen LogP contribution in [0, 0.1) is 11.8 Å². The van der Waals surface area contributed by atoms with Crippen molar-refractivity contribution in [3.63, 3.8) is 0 Å².